The fourth-order valence-corrected chi connectivity index (χ4v) is 2.33. The first kappa shape index (κ1) is 12.5. The van der Waals surface area contributed by atoms with Crippen LogP contribution in [0.5, 0.6) is 0 Å². The highest BCUT2D eigenvalue weighted by atomic mass is 15.3. The van der Waals surface area contributed by atoms with Crippen LogP contribution in [0, 0.1) is 6.92 Å². The molecule has 0 spiro atoms. The van der Waals surface area contributed by atoms with E-state index in [9.17, 15) is 0 Å². The van der Waals surface area contributed by atoms with Crippen LogP contribution in [0.25, 0.3) is 0 Å². The number of rotatable bonds is 3. The second-order valence-corrected chi connectivity index (χ2v) is 5.17. The second-order valence-electron chi connectivity index (χ2n) is 5.17. The van der Waals surface area contributed by atoms with Crippen LogP contribution >= 0.6 is 0 Å². The average Bonchev–Trinajstić information content (AvgIpc) is 2.33. The van der Waals surface area contributed by atoms with Gasteiger partial charge in [-0.25, -0.2) is 0 Å². The minimum absolute atomic E-state index is 0.675. The molecule has 2 heterocycles. The van der Waals surface area contributed by atoms with Gasteiger partial charge in [0.05, 0.1) is 5.69 Å². The molecule has 0 radical (unpaired) electrons. The molecule has 0 amide bonds. The maximum Gasteiger partial charge on any atom is 0.0573 e. The summed E-state index contributed by atoms with van der Waals surface area (Å²) in [4.78, 5) is 9.52. The number of piperazine rings is 1. The van der Waals surface area contributed by atoms with E-state index in [4.69, 9.17) is 0 Å². The van der Waals surface area contributed by atoms with Crippen LogP contribution < -0.4 is 0 Å². The summed E-state index contributed by atoms with van der Waals surface area (Å²) in [5.74, 6) is 0. The summed E-state index contributed by atoms with van der Waals surface area (Å²) >= 11 is 0. The molecule has 0 N–H and O–H groups in total. The van der Waals surface area contributed by atoms with Gasteiger partial charge in [-0.2, -0.15) is 0 Å². The third-order valence-corrected chi connectivity index (χ3v) is 3.63. The fraction of sp³-hybridized carbons (Fsp3) is 0.643. The highest BCUT2D eigenvalue weighted by molar-refractivity contribution is 5.17. The first-order valence-electron chi connectivity index (χ1n) is 6.53. The quantitative estimate of drug-likeness (QED) is 0.795. The Morgan fingerprint density at radius 1 is 1.24 bits per heavy atom. The van der Waals surface area contributed by atoms with Crippen LogP contribution in [0.2, 0.25) is 0 Å². The molecule has 1 aromatic rings. The van der Waals surface area contributed by atoms with E-state index in [0.29, 0.717) is 6.04 Å². The molecule has 1 saturated heterocycles. The average molecular weight is 233 g/mol. The molecule has 1 aliphatic rings. The molecule has 0 saturated carbocycles. The molecule has 1 aliphatic heterocycles. The largest absolute Gasteiger partial charge is 0.298 e. The minimum atomic E-state index is 0.675. The van der Waals surface area contributed by atoms with Crippen LogP contribution in [-0.2, 0) is 6.54 Å². The van der Waals surface area contributed by atoms with Crippen LogP contribution in [0.1, 0.15) is 25.1 Å². The molecule has 0 unspecified atom stereocenters. The number of hydrogen-bond acceptors (Lipinski definition) is 3. The van der Waals surface area contributed by atoms with Crippen molar-refractivity contribution in [1.82, 2.24) is 14.8 Å². The van der Waals surface area contributed by atoms with Gasteiger partial charge in [0, 0.05) is 45.0 Å². The van der Waals surface area contributed by atoms with Crippen molar-refractivity contribution in [3.63, 3.8) is 0 Å². The van der Waals surface area contributed by atoms with E-state index in [1.54, 1.807) is 0 Å². The standard InChI is InChI=1S/C14H23N3/c1-12(2)17-9-7-16(8-10-17)11-14-13(3)5-4-6-15-14/h4-6,12H,7-11H2,1-3H3. The van der Waals surface area contributed by atoms with Gasteiger partial charge in [0.1, 0.15) is 0 Å². The van der Waals surface area contributed by atoms with E-state index in [1.807, 2.05) is 12.3 Å². The molecule has 0 atom stereocenters. The molecular weight excluding hydrogens is 210 g/mol. The number of hydrogen-bond donors (Lipinski definition) is 0. The monoisotopic (exact) mass is 233 g/mol. The molecule has 2 rings (SSSR count). The number of pyridine rings is 1. The first-order chi connectivity index (χ1) is 8.16. The van der Waals surface area contributed by atoms with Crippen molar-refractivity contribution in [2.45, 2.75) is 33.4 Å². The Morgan fingerprint density at radius 2 is 1.94 bits per heavy atom. The molecule has 1 aromatic heterocycles. The van der Waals surface area contributed by atoms with Crippen molar-refractivity contribution in [3.05, 3.63) is 29.6 Å². The zero-order chi connectivity index (χ0) is 12.3. The van der Waals surface area contributed by atoms with Crippen molar-refractivity contribution < 1.29 is 0 Å². The van der Waals surface area contributed by atoms with Crippen LogP contribution in [0.4, 0.5) is 0 Å². The van der Waals surface area contributed by atoms with Gasteiger partial charge in [-0.1, -0.05) is 6.07 Å². The molecule has 3 nitrogen and oxygen atoms in total. The Hall–Kier alpha value is -0.930. The summed E-state index contributed by atoms with van der Waals surface area (Å²) in [6.07, 6.45) is 1.90. The van der Waals surface area contributed by atoms with E-state index in [1.165, 1.54) is 24.3 Å². The van der Waals surface area contributed by atoms with Crippen molar-refractivity contribution in [2.24, 2.45) is 0 Å². The van der Waals surface area contributed by atoms with E-state index in [2.05, 4.69) is 41.6 Å². The predicted molar refractivity (Wildman–Crippen MR) is 71.0 cm³/mol. The highest BCUT2D eigenvalue weighted by Crippen LogP contribution is 2.11. The molecule has 94 valence electrons. The van der Waals surface area contributed by atoms with E-state index in [0.717, 1.165) is 19.6 Å². The van der Waals surface area contributed by atoms with Gasteiger partial charge in [0.25, 0.3) is 0 Å². The molecule has 3 heteroatoms. The highest BCUT2D eigenvalue weighted by Gasteiger charge is 2.19. The van der Waals surface area contributed by atoms with Gasteiger partial charge in [-0.3, -0.25) is 14.8 Å². The second kappa shape index (κ2) is 5.61. The molecule has 17 heavy (non-hydrogen) atoms. The van der Waals surface area contributed by atoms with Gasteiger partial charge in [0.2, 0.25) is 0 Å². The lowest BCUT2D eigenvalue weighted by molar-refractivity contribution is 0.103. The van der Waals surface area contributed by atoms with E-state index in [-0.39, 0.29) is 0 Å². The summed E-state index contributed by atoms with van der Waals surface area (Å²) in [5.41, 5.74) is 2.53. The van der Waals surface area contributed by atoms with Crippen molar-refractivity contribution in [3.8, 4) is 0 Å². The summed E-state index contributed by atoms with van der Waals surface area (Å²) in [5, 5.41) is 0. The van der Waals surface area contributed by atoms with Gasteiger partial charge in [-0.05, 0) is 32.4 Å². The smallest absolute Gasteiger partial charge is 0.0573 e. The zero-order valence-electron chi connectivity index (χ0n) is 11.2. The van der Waals surface area contributed by atoms with Crippen molar-refractivity contribution >= 4 is 0 Å². The molecule has 0 aromatic carbocycles. The Kier molecular flexibility index (Phi) is 4.13. The van der Waals surface area contributed by atoms with Crippen LogP contribution in [0.3, 0.4) is 0 Å². The topological polar surface area (TPSA) is 19.4 Å². The summed E-state index contributed by atoms with van der Waals surface area (Å²) < 4.78 is 0. The van der Waals surface area contributed by atoms with E-state index < -0.39 is 0 Å². The molecular formula is C14H23N3. The van der Waals surface area contributed by atoms with Crippen molar-refractivity contribution in [2.75, 3.05) is 26.2 Å². The third-order valence-electron chi connectivity index (χ3n) is 3.63. The number of aryl methyl sites for hydroxylation is 1. The lowest BCUT2D eigenvalue weighted by atomic mass is 10.2. The van der Waals surface area contributed by atoms with Crippen molar-refractivity contribution in [1.29, 1.82) is 0 Å². The van der Waals surface area contributed by atoms with Gasteiger partial charge >= 0.3 is 0 Å². The molecule has 0 bridgehead atoms. The first-order valence-corrected chi connectivity index (χ1v) is 6.53. The SMILES string of the molecule is Cc1cccnc1CN1CCN(C(C)C)CC1. The normalized spacial score (nSPS) is 18.8. The van der Waals surface area contributed by atoms with Gasteiger partial charge < -0.3 is 0 Å². The van der Waals surface area contributed by atoms with E-state index >= 15 is 0 Å². The van der Waals surface area contributed by atoms with Gasteiger partial charge in [0.15, 0.2) is 0 Å². The lowest BCUT2D eigenvalue weighted by Crippen LogP contribution is -2.48. The summed E-state index contributed by atoms with van der Waals surface area (Å²) in [6, 6.07) is 4.83. The molecule has 1 fully saturated rings. The van der Waals surface area contributed by atoms with Crippen LogP contribution in [-0.4, -0.2) is 47.0 Å². The predicted octanol–water partition coefficient (Wildman–Crippen LogP) is 1.92. The summed E-state index contributed by atoms with van der Waals surface area (Å²) in [6.45, 7) is 12.4. The Balaban J connectivity index is 1.88. The number of aromatic nitrogens is 1. The maximum atomic E-state index is 4.47. The number of nitrogens with zero attached hydrogens (tertiary/aromatic N) is 3. The zero-order valence-corrected chi connectivity index (χ0v) is 11.2. The Labute approximate surface area is 104 Å². The molecule has 0 aliphatic carbocycles. The van der Waals surface area contributed by atoms with Gasteiger partial charge in [-0.15, -0.1) is 0 Å². The fourth-order valence-electron chi connectivity index (χ4n) is 2.33. The third kappa shape index (κ3) is 3.27. The maximum absolute atomic E-state index is 4.47. The minimum Gasteiger partial charge on any atom is -0.298 e. The Bertz CT molecular complexity index is 354. The lowest BCUT2D eigenvalue weighted by Gasteiger charge is -2.36. The summed E-state index contributed by atoms with van der Waals surface area (Å²) in [7, 11) is 0. The van der Waals surface area contributed by atoms with Crippen LogP contribution in [0.15, 0.2) is 18.3 Å². The Morgan fingerprint density at radius 3 is 2.53 bits per heavy atom.